The molecule has 2 saturated heterocycles. The summed E-state index contributed by atoms with van der Waals surface area (Å²) in [6, 6.07) is 23.0. The minimum Gasteiger partial charge on any atom is -0.493 e. The molecule has 274 valence electrons. The first-order valence-electron chi connectivity index (χ1n) is 18.3. The Balaban J connectivity index is 0.978. The van der Waals surface area contributed by atoms with Gasteiger partial charge in [0.2, 0.25) is 11.7 Å². The molecule has 0 spiro atoms. The Labute approximate surface area is 304 Å². The fraction of sp³-hybridized carbons (Fsp3) is 0.462. The quantitative estimate of drug-likeness (QED) is 0.137. The highest BCUT2D eigenvalue weighted by atomic mass is 16.5. The Bertz CT molecular complexity index is 1900. The third-order valence-corrected chi connectivity index (χ3v) is 10.9. The number of imidazole rings is 1. The van der Waals surface area contributed by atoms with Crippen molar-refractivity contribution in [1.29, 1.82) is 0 Å². The minimum absolute atomic E-state index is 0.0258. The Morgan fingerprint density at radius 2 is 1.67 bits per heavy atom. The number of benzene rings is 3. The van der Waals surface area contributed by atoms with Gasteiger partial charge in [0, 0.05) is 56.2 Å². The average molecular weight is 708 g/mol. The highest BCUT2D eigenvalue weighted by Crippen LogP contribution is 2.41. The number of nitrogens with one attached hydrogen (secondary N) is 2. The standard InChI is InChI=1S/C39H49N9O4/c1-50-33-25-28(26-34(51-2)36(33)52-3)37(49)47-24-19-39(27-47,29-11-5-4-6-12-29)18-23-46-21-16-30(17-22-46)40-38-41-31-13-7-8-14-32(31)48(38)20-10-9-15-35-42-44-45-43-35/h4-8,11-14,25-26,30H,9-10,15-24,27H2,1-3H3,(H,40,41)(H,42,43,44,45). The van der Waals surface area contributed by atoms with Crippen molar-refractivity contribution in [3.8, 4) is 17.2 Å². The maximum Gasteiger partial charge on any atom is 0.254 e. The molecule has 1 unspecified atom stereocenters. The maximum atomic E-state index is 13.9. The lowest BCUT2D eigenvalue weighted by molar-refractivity contribution is 0.0779. The summed E-state index contributed by atoms with van der Waals surface area (Å²) in [6.07, 6.45) is 6.81. The van der Waals surface area contributed by atoms with Crippen LogP contribution in [0.15, 0.2) is 66.7 Å². The monoisotopic (exact) mass is 707 g/mol. The van der Waals surface area contributed by atoms with Crippen LogP contribution in [0.3, 0.4) is 0 Å². The molecule has 2 fully saturated rings. The molecule has 13 nitrogen and oxygen atoms in total. The lowest BCUT2D eigenvalue weighted by Gasteiger charge is -2.36. The van der Waals surface area contributed by atoms with Gasteiger partial charge in [-0.05, 0) is 85.3 Å². The van der Waals surface area contributed by atoms with Gasteiger partial charge in [0.15, 0.2) is 11.5 Å². The van der Waals surface area contributed by atoms with E-state index in [1.165, 1.54) is 5.56 Å². The number of carbonyl (C=O) groups excluding carboxylic acids is 1. The molecular weight excluding hydrogens is 658 g/mol. The smallest absolute Gasteiger partial charge is 0.254 e. The van der Waals surface area contributed by atoms with Gasteiger partial charge in [-0.25, -0.2) is 10.1 Å². The van der Waals surface area contributed by atoms with Crippen molar-refractivity contribution in [1.82, 2.24) is 40.0 Å². The summed E-state index contributed by atoms with van der Waals surface area (Å²) in [6.45, 7) is 5.24. The van der Waals surface area contributed by atoms with E-state index in [9.17, 15) is 4.79 Å². The van der Waals surface area contributed by atoms with Gasteiger partial charge in [-0.2, -0.15) is 0 Å². The molecule has 2 N–H and O–H groups in total. The second-order valence-electron chi connectivity index (χ2n) is 13.9. The number of hydrogen-bond donors (Lipinski definition) is 2. The van der Waals surface area contributed by atoms with Crippen LogP contribution < -0.4 is 19.5 Å². The zero-order valence-corrected chi connectivity index (χ0v) is 30.4. The summed E-state index contributed by atoms with van der Waals surface area (Å²) < 4.78 is 18.9. The molecule has 3 aromatic carbocycles. The van der Waals surface area contributed by atoms with Crippen LogP contribution in [0.1, 0.15) is 60.3 Å². The van der Waals surface area contributed by atoms with Crippen molar-refractivity contribution in [2.75, 3.05) is 59.4 Å². The first kappa shape index (κ1) is 35.2. The number of tetrazole rings is 1. The highest BCUT2D eigenvalue weighted by molar-refractivity contribution is 5.96. The summed E-state index contributed by atoms with van der Waals surface area (Å²) in [5.74, 6) is 3.18. The molecule has 13 heteroatoms. The molecule has 2 aliphatic heterocycles. The SMILES string of the molecule is COc1cc(C(=O)N2CCC(CCN3CCC(Nc4nc5ccccc5n4CCCCc4nnn[nH]4)CC3)(c3ccccc3)C2)cc(OC)c1OC. The van der Waals surface area contributed by atoms with E-state index < -0.39 is 0 Å². The maximum absolute atomic E-state index is 13.9. The number of unbranched alkanes of at least 4 members (excludes halogenated alkanes) is 1. The fourth-order valence-electron chi connectivity index (χ4n) is 7.92. The van der Waals surface area contributed by atoms with Crippen molar-refractivity contribution < 1.29 is 19.0 Å². The van der Waals surface area contributed by atoms with E-state index in [0.717, 1.165) is 93.9 Å². The van der Waals surface area contributed by atoms with Gasteiger partial charge in [0.05, 0.1) is 32.4 Å². The lowest BCUT2D eigenvalue weighted by Crippen LogP contribution is -2.42. The van der Waals surface area contributed by atoms with Crippen molar-refractivity contribution in [3.63, 3.8) is 0 Å². The number of likely N-dealkylation sites (tertiary alicyclic amines) is 2. The van der Waals surface area contributed by atoms with Gasteiger partial charge in [-0.3, -0.25) is 4.79 Å². The summed E-state index contributed by atoms with van der Waals surface area (Å²) in [7, 11) is 4.71. The van der Waals surface area contributed by atoms with Crippen LogP contribution in [-0.4, -0.2) is 106 Å². The van der Waals surface area contributed by atoms with Gasteiger partial charge in [0.1, 0.15) is 5.82 Å². The largest absolute Gasteiger partial charge is 0.493 e. The second kappa shape index (κ2) is 16.0. The molecule has 5 aromatic rings. The Hall–Kier alpha value is -5.17. The van der Waals surface area contributed by atoms with Crippen LogP contribution in [0.5, 0.6) is 17.2 Å². The van der Waals surface area contributed by atoms with Gasteiger partial charge in [-0.1, -0.05) is 42.5 Å². The zero-order chi connectivity index (χ0) is 35.9. The number of rotatable bonds is 15. The molecule has 2 aliphatic rings. The number of carbonyl (C=O) groups is 1. The molecule has 0 aliphatic carbocycles. The molecule has 1 amide bonds. The average Bonchev–Trinajstić information content (AvgIpc) is 3.96. The van der Waals surface area contributed by atoms with E-state index >= 15 is 0 Å². The Morgan fingerprint density at radius 3 is 2.38 bits per heavy atom. The van der Waals surface area contributed by atoms with E-state index in [2.05, 4.69) is 83.9 Å². The van der Waals surface area contributed by atoms with Crippen molar-refractivity contribution >= 4 is 22.9 Å². The number of methoxy groups -OCH3 is 3. The third kappa shape index (κ3) is 7.55. The second-order valence-corrected chi connectivity index (χ2v) is 13.9. The molecule has 2 aromatic heterocycles. The molecule has 0 saturated carbocycles. The number of nitrogens with zero attached hydrogens (tertiary/aromatic N) is 7. The summed E-state index contributed by atoms with van der Waals surface area (Å²) in [5.41, 5.74) is 3.88. The summed E-state index contributed by atoms with van der Waals surface area (Å²) in [5, 5.41) is 18.1. The van der Waals surface area contributed by atoms with Crippen molar-refractivity contribution in [2.24, 2.45) is 0 Å². The lowest BCUT2D eigenvalue weighted by atomic mass is 9.76. The van der Waals surface area contributed by atoms with E-state index in [4.69, 9.17) is 19.2 Å². The number of para-hydroxylation sites is 2. The number of aromatic amines is 1. The highest BCUT2D eigenvalue weighted by Gasteiger charge is 2.42. The van der Waals surface area contributed by atoms with Crippen LogP contribution in [0, 0.1) is 0 Å². The van der Waals surface area contributed by atoms with Gasteiger partial charge in [-0.15, -0.1) is 5.10 Å². The number of anilines is 1. The van der Waals surface area contributed by atoms with Crippen LogP contribution in [0.25, 0.3) is 11.0 Å². The molecule has 1 atom stereocenters. The van der Waals surface area contributed by atoms with Crippen LogP contribution in [0.4, 0.5) is 5.95 Å². The minimum atomic E-state index is -0.124. The Kier molecular flexibility index (Phi) is 10.9. The predicted molar refractivity (Wildman–Crippen MR) is 199 cm³/mol. The number of hydrogen-bond acceptors (Lipinski definition) is 10. The van der Waals surface area contributed by atoms with Crippen LogP contribution in [0.2, 0.25) is 0 Å². The molecule has 0 radical (unpaired) electrons. The van der Waals surface area contributed by atoms with Crippen LogP contribution >= 0.6 is 0 Å². The number of aryl methyl sites for hydroxylation is 2. The van der Waals surface area contributed by atoms with Gasteiger partial charge >= 0.3 is 0 Å². The van der Waals surface area contributed by atoms with E-state index in [1.807, 2.05) is 11.0 Å². The third-order valence-electron chi connectivity index (χ3n) is 10.9. The number of aromatic nitrogens is 6. The number of fused-ring (bicyclic) bond motifs is 1. The van der Waals surface area contributed by atoms with Crippen molar-refractivity contribution in [3.05, 3.63) is 83.7 Å². The molecular formula is C39H49N9O4. The Morgan fingerprint density at radius 1 is 0.923 bits per heavy atom. The van der Waals surface area contributed by atoms with Crippen LogP contribution in [-0.2, 0) is 18.4 Å². The number of ether oxygens (including phenoxy) is 3. The number of amides is 1. The van der Waals surface area contributed by atoms with Gasteiger partial charge < -0.3 is 33.9 Å². The summed E-state index contributed by atoms with van der Waals surface area (Å²) >= 11 is 0. The topological polar surface area (TPSA) is 136 Å². The zero-order valence-electron chi connectivity index (χ0n) is 30.4. The van der Waals surface area contributed by atoms with Crippen molar-refractivity contribution in [2.45, 2.75) is 62.9 Å². The predicted octanol–water partition coefficient (Wildman–Crippen LogP) is 5.35. The normalized spacial score (nSPS) is 18.2. The first-order valence-corrected chi connectivity index (χ1v) is 18.3. The van der Waals surface area contributed by atoms with E-state index in [-0.39, 0.29) is 11.3 Å². The molecule has 7 rings (SSSR count). The first-order chi connectivity index (χ1) is 25.5. The molecule has 52 heavy (non-hydrogen) atoms. The van der Waals surface area contributed by atoms with E-state index in [0.29, 0.717) is 41.9 Å². The number of H-pyrrole nitrogens is 1. The number of piperidine rings is 1. The summed E-state index contributed by atoms with van der Waals surface area (Å²) in [4.78, 5) is 23.5. The molecule has 0 bridgehead atoms. The molecule has 4 heterocycles. The van der Waals surface area contributed by atoms with Gasteiger partial charge in [0.25, 0.3) is 5.91 Å². The van der Waals surface area contributed by atoms with E-state index in [1.54, 1.807) is 33.5 Å². The fourth-order valence-corrected chi connectivity index (χ4v) is 7.92.